The van der Waals surface area contributed by atoms with Crippen molar-refractivity contribution in [3.8, 4) is 5.69 Å². The zero-order chi connectivity index (χ0) is 20.4. The maximum atomic E-state index is 13.2. The molecule has 0 aliphatic carbocycles. The number of rotatable bonds is 7. The Morgan fingerprint density at radius 2 is 2.17 bits per heavy atom. The summed E-state index contributed by atoms with van der Waals surface area (Å²) in [7, 11) is 1.62. The number of amides is 1. The number of fused-ring (bicyclic) bond motifs is 2. The van der Waals surface area contributed by atoms with Gasteiger partial charge in [0.15, 0.2) is 10.8 Å². The van der Waals surface area contributed by atoms with Crippen LogP contribution in [0.15, 0.2) is 40.4 Å². The van der Waals surface area contributed by atoms with Crippen molar-refractivity contribution in [3.05, 3.63) is 46.6 Å². The average Bonchev–Trinajstić information content (AvgIpc) is 3.31. The maximum absolute atomic E-state index is 13.2. The Hall–Kier alpha value is -2.72. The molecule has 3 heterocycles. The van der Waals surface area contributed by atoms with Crippen molar-refractivity contribution < 1.29 is 13.9 Å². The Bertz CT molecular complexity index is 1100. The molecule has 1 aliphatic rings. The van der Waals surface area contributed by atoms with Gasteiger partial charge in [-0.1, -0.05) is 11.8 Å². The van der Waals surface area contributed by atoms with Crippen molar-refractivity contribution in [2.75, 3.05) is 26.0 Å². The van der Waals surface area contributed by atoms with Gasteiger partial charge in [0, 0.05) is 32.4 Å². The van der Waals surface area contributed by atoms with Crippen LogP contribution in [0.1, 0.15) is 18.9 Å². The van der Waals surface area contributed by atoms with Crippen molar-refractivity contribution >= 4 is 28.7 Å². The van der Waals surface area contributed by atoms with Gasteiger partial charge in [0.25, 0.3) is 5.56 Å². The fourth-order valence-corrected chi connectivity index (χ4v) is 4.41. The molecular formula is C19H20FN5O3S. The van der Waals surface area contributed by atoms with Crippen LogP contribution in [-0.2, 0) is 9.53 Å². The van der Waals surface area contributed by atoms with E-state index in [0.717, 1.165) is 6.42 Å². The number of ether oxygens (including phenoxy) is 1. The van der Waals surface area contributed by atoms with Gasteiger partial charge in [-0.3, -0.25) is 14.2 Å². The van der Waals surface area contributed by atoms with E-state index < -0.39 is 0 Å². The van der Waals surface area contributed by atoms with Gasteiger partial charge in [0.2, 0.25) is 5.91 Å². The minimum absolute atomic E-state index is 0.103. The standard InChI is InChI=1S/C19H20FN5O3S/c1-28-8-2-7-21-16(26)9-14-11-29-19-23-17-15(18(27)24(14)19)10-22-25(17)13-5-3-12(20)4-6-13/h3-6,10,14H,2,7-9,11H2,1H3,(H,21,26). The molecule has 0 saturated carbocycles. The quantitative estimate of drug-likeness (QED) is 0.467. The van der Waals surface area contributed by atoms with Crippen LogP contribution < -0.4 is 10.9 Å². The summed E-state index contributed by atoms with van der Waals surface area (Å²) in [6.07, 6.45) is 2.42. The van der Waals surface area contributed by atoms with Crippen LogP contribution in [0.3, 0.4) is 0 Å². The molecule has 8 nitrogen and oxygen atoms in total. The molecule has 0 fully saturated rings. The van der Waals surface area contributed by atoms with E-state index in [1.54, 1.807) is 23.8 Å². The molecule has 0 saturated heterocycles. The zero-order valence-electron chi connectivity index (χ0n) is 15.8. The lowest BCUT2D eigenvalue weighted by molar-refractivity contribution is -0.121. The third-order valence-electron chi connectivity index (χ3n) is 4.71. The second-order valence-electron chi connectivity index (χ2n) is 6.70. The molecule has 0 radical (unpaired) electrons. The SMILES string of the molecule is COCCCNC(=O)CC1CSc2nc3c(cnn3-c3ccc(F)cc3)c(=O)n21. The van der Waals surface area contributed by atoms with E-state index >= 15 is 0 Å². The summed E-state index contributed by atoms with van der Waals surface area (Å²) in [6.45, 7) is 1.12. The van der Waals surface area contributed by atoms with Crippen LogP contribution in [0.2, 0.25) is 0 Å². The van der Waals surface area contributed by atoms with E-state index in [1.165, 1.54) is 34.8 Å². The molecule has 0 spiro atoms. The Kier molecular flexibility index (Phi) is 5.63. The van der Waals surface area contributed by atoms with Gasteiger partial charge in [-0.25, -0.2) is 14.1 Å². The van der Waals surface area contributed by atoms with Crippen LogP contribution >= 0.6 is 11.8 Å². The maximum Gasteiger partial charge on any atom is 0.265 e. The summed E-state index contributed by atoms with van der Waals surface area (Å²) in [6, 6.07) is 5.57. The van der Waals surface area contributed by atoms with Crippen LogP contribution in [0.4, 0.5) is 4.39 Å². The van der Waals surface area contributed by atoms with Crippen LogP contribution in [0.5, 0.6) is 0 Å². The van der Waals surface area contributed by atoms with Gasteiger partial charge < -0.3 is 10.1 Å². The molecule has 1 N–H and O–H groups in total. The number of benzene rings is 1. The highest BCUT2D eigenvalue weighted by atomic mass is 32.2. The third kappa shape index (κ3) is 3.90. The number of methoxy groups -OCH3 is 1. The Morgan fingerprint density at radius 1 is 1.38 bits per heavy atom. The molecule has 1 amide bonds. The summed E-state index contributed by atoms with van der Waals surface area (Å²) in [5.41, 5.74) is 0.818. The van der Waals surface area contributed by atoms with Crippen LogP contribution in [0.25, 0.3) is 16.7 Å². The second kappa shape index (κ2) is 8.34. The summed E-state index contributed by atoms with van der Waals surface area (Å²) >= 11 is 1.44. The Labute approximate surface area is 170 Å². The van der Waals surface area contributed by atoms with E-state index in [0.29, 0.717) is 40.8 Å². The molecule has 10 heteroatoms. The molecule has 29 heavy (non-hydrogen) atoms. The monoisotopic (exact) mass is 417 g/mol. The van der Waals surface area contributed by atoms with Gasteiger partial charge in [-0.2, -0.15) is 5.10 Å². The van der Waals surface area contributed by atoms with Crippen molar-refractivity contribution in [1.82, 2.24) is 24.6 Å². The number of hydrogen-bond donors (Lipinski definition) is 1. The highest BCUT2D eigenvalue weighted by Gasteiger charge is 2.29. The number of nitrogens with one attached hydrogen (secondary N) is 1. The predicted molar refractivity (Wildman–Crippen MR) is 107 cm³/mol. The summed E-state index contributed by atoms with van der Waals surface area (Å²) < 4.78 is 21.3. The highest BCUT2D eigenvalue weighted by molar-refractivity contribution is 7.99. The minimum Gasteiger partial charge on any atom is -0.385 e. The van der Waals surface area contributed by atoms with Crippen molar-refractivity contribution in [1.29, 1.82) is 0 Å². The molecule has 2 aromatic heterocycles. The van der Waals surface area contributed by atoms with E-state index in [9.17, 15) is 14.0 Å². The lowest BCUT2D eigenvalue weighted by atomic mass is 10.2. The zero-order valence-corrected chi connectivity index (χ0v) is 16.6. The molecule has 1 aromatic carbocycles. The number of halogens is 1. The van der Waals surface area contributed by atoms with Crippen molar-refractivity contribution in [3.63, 3.8) is 0 Å². The van der Waals surface area contributed by atoms with E-state index in [2.05, 4.69) is 15.4 Å². The Morgan fingerprint density at radius 3 is 2.93 bits per heavy atom. The first-order valence-corrected chi connectivity index (χ1v) is 10.2. The Balaban J connectivity index is 1.59. The number of carbonyl (C=O) groups is 1. The van der Waals surface area contributed by atoms with E-state index in [1.807, 2.05) is 0 Å². The minimum atomic E-state index is -0.349. The van der Waals surface area contributed by atoms with Gasteiger partial charge in [0.1, 0.15) is 11.2 Å². The van der Waals surface area contributed by atoms with Gasteiger partial charge in [-0.15, -0.1) is 0 Å². The fraction of sp³-hybridized carbons (Fsp3) is 0.368. The molecule has 0 bridgehead atoms. The largest absolute Gasteiger partial charge is 0.385 e. The lowest BCUT2D eigenvalue weighted by Crippen LogP contribution is -2.31. The predicted octanol–water partition coefficient (Wildman–Crippen LogP) is 1.91. The first-order chi connectivity index (χ1) is 14.1. The van der Waals surface area contributed by atoms with Crippen molar-refractivity contribution in [2.24, 2.45) is 0 Å². The summed E-state index contributed by atoms with van der Waals surface area (Å²) in [5, 5.41) is 8.04. The number of hydrogen-bond acceptors (Lipinski definition) is 6. The molecule has 4 rings (SSSR count). The lowest BCUT2D eigenvalue weighted by Gasteiger charge is -2.13. The fourth-order valence-electron chi connectivity index (χ4n) is 3.28. The number of nitrogens with zero attached hydrogens (tertiary/aromatic N) is 4. The third-order valence-corrected chi connectivity index (χ3v) is 5.81. The molecule has 1 aliphatic heterocycles. The number of carbonyl (C=O) groups excluding carboxylic acids is 1. The molecule has 3 aromatic rings. The number of thioether (sulfide) groups is 1. The summed E-state index contributed by atoms with van der Waals surface area (Å²) in [5.74, 6) is 0.149. The first kappa shape index (κ1) is 19.6. The van der Waals surface area contributed by atoms with Gasteiger partial charge >= 0.3 is 0 Å². The van der Waals surface area contributed by atoms with Crippen LogP contribution in [-0.4, -0.2) is 51.3 Å². The van der Waals surface area contributed by atoms with Crippen LogP contribution in [0, 0.1) is 5.82 Å². The highest BCUT2D eigenvalue weighted by Crippen LogP contribution is 2.33. The van der Waals surface area contributed by atoms with Gasteiger partial charge in [-0.05, 0) is 30.7 Å². The topological polar surface area (TPSA) is 91.0 Å². The molecule has 1 atom stereocenters. The van der Waals surface area contributed by atoms with E-state index in [4.69, 9.17) is 4.74 Å². The second-order valence-corrected chi connectivity index (χ2v) is 7.69. The van der Waals surface area contributed by atoms with Crippen molar-refractivity contribution in [2.45, 2.75) is 24.0 Å². The molecular weight excluding hydrogens is 397 g/mol. The first-order valence-electron chi connectivity index (χ1n) is 9.23. The average molecular weight is 417 g/mol. The number of aromatic nitrogens is 4. The van der Waals surface area contributed by atoms with Gasteiger partial charge in [0.05, 0.1) is 17.9 Å². The smallest absolute Gasteiger partial charge is 0.265 e. The van der Waals surface area contributed by atoms with E-state index in [-0.39, 0.29) is 29.7 Å². The summed E-state index contributed by atoms with van der Waals surface area (Å²) in [4.78, 5) is 29.9. The molecule has 1 unspecified atom stereocenters. The molecule has 152 valence electrons. The normalized spacial score (nSPS) is 15.6.